The quantitative estimate of drug-likeness (QED) is 0.565. The fraction of sp³-hybridized carbons (Fsp3) is 0.174. The van der Waals surface area contributed by atoms with E-state index in [9.17, 15) is 4.79 Å². The Balaban J connectivity index is 0.00000109. The van der Waals surface area contributed by atoms with Crippen LogP contribution in [0.25, 0.3) is 16.6 Å². The van der Waals surface area contributed by atoms with Crippen LogP contribution in [0.5, 0.6) is 0 Å². The number of aromatic nitrogens is 3. The summed E-state index contributed by atoms with van der Waals surface area (Å²) in [5.41, 5.74) is 10.8. The predicted octanol–water partition coefficient (Wildman–Crippen LogP) is 4.36. The third-order valence-corrected chi connectivity index (χ3v) is 4.38. The van der Waals surface area contributed by atoms with Crippen LogP contribution in [0.1, 0.15) is 25.0 Å². The molecule has 5 heteroatoms. The molecule has 4 rings (SSSR count). The molecule has 0 spiro atoms. The van der Waals surface area contributed by atoms with Gasteiger partial charge in [-0.3, -0.25) is 4.79 Å². The van der Waals surface area contributed by atoms with Crippen LogP contribution in [0, 0.1) is 0 Å². The Kier molecular flexibility index (Phi) is 6.17. The number of Topliss-reactive ketones (excluding diaryl/α,β-unsaturated/α-hetero) is 1. The number of nitrogen functional groups attached to an aromatic ring is 1. The van der Waals surface area contributed by atoms with Gasteiger partial charge in [0.25, 0.3) is 0 Å². The lowest BCUT2D eigenvalue weighted by Gasteiger charge is -2.06. The van der Waals surface area contributed by atoms with Crippen LogP contribution in [-0.2, 0) is 17.6 Å². The zero-order chi connectivity index (χ0) is 19.9. The average molecular weight is 372 g/mol. The van der Waals surface area contributed by atoms with E-state index in [4.69, 9.17) is 5.73 Å². The molecule has 0 saturated heterocycles. The van der Waals surface area contributed by atoms with Crippen molar-refractivity contribution >= 4 is 17.1 Å². The van der Waals surface area contributed by atoms with E-state index in [1.54, 1.807) is 4.52 Å². The first-order chi connectivity index (χ1) is 13.7. The van der Waals surface area contributed by atoms with E-state index in [0.717, 1.165) is 27.8 Å². The van der Waals surface area contributed by atoms with Gasteiger partial charge in [0.15, 0.2) is 5.82 Å². The zero-order valence-corrected chi connectivity index (χ0v) is 16.2. The number of rotatable bonds is 5. The van der Waals surface area contributed by atoms with Crippen LogP contribution in [0.2, 0.25) is 0 Å². The third kappa shape index (κ3) is 4.26. The summed E-state index contributed by atoms with van der Waals surface area (Å²) >= 11 is 0. The highest BCUT2D eigenvalue weighted by Gasteiger charge is 2.10. The van der Waals surface area contributed by atoms with E-state index in [-0.39, 0.29) is 5.78 Å². The largest absolute Gasteiger partial charge is 0.380 e. The minimum atomic E-state index is 0.204. The van der Waals surface area contributed by atoms with Crippen LogP contribution in [-0.4, -0.2) is 20.6 Å². The molecule has 0 radical (unpaired) electrons. The highest BCUT2D eigenvalue weighted by atomic mass is 16.1. The van der Waals surface area contributed by atoms with Crippen molar-refractivity contribution in [1.82, 2.24) is 14.8 Å². The van der Waals surface area contributed by atoms with Crippen molar-refractivity contribution < 1.29 is 4.79 Å². The Hall–Kier alpha value is -3.47. The van der Waals surface area contributed by atoms with Crippen molar-refractivity contribution in [3.63, 3.8) is 0 Å². The Labute approximate surface area is 164 Å². The molecule has 0 amide bonds. The number of nitrogens with zero attached hydrogens (tertiary/aromatic N) is 3. The van der Waals surface area contributed by atoms with Crippen molar-refractivity contribution in [3.8, 4) is 11.1 Å². The van der Waals surface area contributed by atoms with E-state index in [1.165, 1.54) is 0 Å². The minimum Gasteiger partial charge on any atom is -0.380 e. The van der Waals surface area contributed by atoms with Crippen molar-refractivity contribution in [3.05, 3.63) is 84.1 Å². The summed E-state index contributed by atoms with van der Waals surface area (Å²) in [4.78, 5) is 12.3. The number of carbonyl (C=O) groups excluding carboxylic acids is 1. The SMILES string of the molecule is CC.Nc1nnn2cccc(-c3ccc(CC(=O)Cc4ccccc4)cc3)c12. The second-order valence-electron chi connectivity index (χ2n) is 6.26. The summed E-state index contributed by atoms with van der Waals surface area (Å²) in [6.45, 7) is 4.00. The standard InChI is InChI=1S/C21H18N4O.C2H6/c22-21-20-19(7-4-12-25(20)24-23-21)17-10-8-16(9-11-17)14-18(26)13-15-5-2-1-3-6-15;1-2/h1-12H,13-14,22H2;1-2H3. The van der Waals surface area contributed by atoms with Crippen molar-refractivity contribution in [2.45, 2.75) is 26.7 Å². The van der Waals surface area contributed by atoms with Crippen LogP contribution < -0.4 is 5.73 Å². The number of nitrogens with two attached hydrogens (primary N) is 1. The second-order valence-corrected chi connectivity index (χ2v) is 6.26. The van der Waals surface area contributed by atoms with Gasteiger partial charge in [0.1, 0.15) is 11.3 Å². The second kappa shape index (κ2) is 8.95. The highest BCUT2D eigenvalue weighted by Crippen LogP contribution is 2.27. The number of pyridine rings is 1. The summed E-state index contributed by atoms with van der Waals surface area (Å²) < 4.78 is 1.67. The molecule has 2 aromatic carbocycles. The first kappa shape index (κ1) is 19.3. The monoisotopic (exact) mass is 372 g/mol. The summed E-state index contributed by atoms with van der Waals surface area (Å²) in [5.74, 6) is 0.609. The van der Waals surface area contributed by atoms with Crippen molar-refractivity contribution in [2.24, 2.45) is 0 Å². The molecule has 0 fully saturated rings. The van der Waals surface area contributed by atoms with Gasteiger partial charge in [-0.05, 0) is 22.8 Å². The van der Waals surface area contributed by atoms with E-state index in [0.29, 0.717) is 18.7 Å². The van der Waals surface area contributed by atoms with Crippen molar-refractivity contribution in [2.75, 3.05) is 5.73 Å². The lowest BCUT2D eigenvalue weighted by molar-refractivity contribution is -0.117. The summed E-state index contributed by atoms with van der Waals surface area (Å²) in [5, 5.41) is 7.92. The van der Waals surface area contributed by atoms with Gasteiger partial charge in [-0.1, -0.05) is 79.7 Å². The zero-order valence-electron chi connectivity index (χ0n) is 16.2. The van der Waals surface area contributed by atoms with Gasteiger partial charge in [0, 0.05) is 24.6 Å². The van der Waals surface area contributed by atoms with Crippen LogP contribution in [0.4, 0.5) is 5.82 Å². The van der Waals surface area contributed by atoms with Gasteiger partial charge in [0.05, 0.1) is 0 Å². The smallest absolute Gasteiger partial charge is 0.174 e. The Morgan fingerprint density at radius 3 is 2.21 bits per heavy atom. The van der Waals surface area contributed by atoms with Gasteiger partial charge >= 0.3 is 0 Å². The fourth-order valence-electron chi connectivity index (χ4n) is 3.12. The maximum absolute atomic E-state index is 12.3. The van der Waals surface area contributed by atoms with Crippen molar-refractivity contribution in [1.29, 1.82) is 0 Å². The number of ketones is 1. The summed E-state index contributed by atoms with van der Waals surface area (Å²) in [6.07, 6.45) is 2.70. The molecule has 28 heavy (non-hydrogen) atoms. The van der Waals surface area contributed by atoms with Crippen LogP contribution in [0.15, 0.2) is 72.9 Å². The van der Waals surface area contributed by atoms with Crippen LogP contribution in [0.3, 0.4) is 0 Å². The molecule has 0 saturated carbocycles. The molecule has 142 valence electrons. The average Bonchev–Trinajstić information content (AvgIpc) is 3.12. The van der Waals surface area contributed by atoms with E-state index < -0.39 is 0 Å². The molecule has 0 aliphatic heterocycles. The number of hydrogen-bond acceptors (Lipinski definition) is 4. The molecule has 0 unspecified atom stereocenters. The fourth-order valence-corrected chi connectivity index (χ4v) is 3.12. The maximum Gasteiger partial charge on any atom is 0.174 e. The molecule has 4 aromatic rings. The molecule has 0 aliphatic rings. The normalized spacial score (nSPS) is 10.4. The number of fused-ring (bicyclic) bond motifs is 1. The first-order valence-corrected chi connectivity index (χ1v) is 9.45. The molecule has 2 N–H and O–H groups in total. The van der Waals surface area contributed by atoms with E-state index >= 15 is 0 Å². The lowest BCUT2D eigenvalue weighted by atomic mass is 9.99. The molecule has 0 atom stereocenters. The molecule has 5 nitrogen and oxygen atoms in total. The van der Waals surface area contributed by atoms with Gasteiger partial charge < -0.3 is 5.73 Å². The topological polar surface area (TPSA) is 73.3 Å². The molecular formula is C23H24N4O. The number of anilines is 1. The molecule has 0 bridgehead atoms. The first-order valence-electron chi connectivity index (χ1n) is 9.45. The molecule has 2 heterocycles. The maximum atomic E-state index is 12.3. The Bertz CT molecular complexity index is 1050. The number of carbonyl (C=O) groups is 1. The number of hydrogen-bond donors (Lipinski definition) is 1. The van der Waals surface area contributed by atoms with E-state index in [1.807, 2.05) is 86.8 Å². The minimum absolute atomic E-state index is 0.204. The van der Waals surface area contributed by atoms with Gasteiger partial charge in [-0.15, -0.1) is 5.10 Å². The predicted molar refractivity (Wildman–Crippen MR) is 113 cm³/mol. The van der Waals surface area contributed by atoms with Gasteiger partial charge in [-0.25, -0.2) is 4.52 Å². The van der Waals surface area contributed by atoms with Gasteiger partial charge in [0.2, 0.25) is 0 Å². The Morgan fingerprint density at radius 2 is 1.54 bits per heavy atom. The highest BCUT2D eigenvalue weighted by molar-refractivity contribution is 5.87. The number of benzene rings is 2. The summed E-state index contributed by atoms with van der Waals surface area (Å²) in [6, 6.07) is 21.7. The van der Waals surface area contributed by atoms with E-state index in [2.05, 4.69) is 10.3 Å². The van der Waals surface area contributed by atoms with Gasteiger partial charge in [-0.2, -0.15) is 0 Å². The molecule has 2 aromatic heterocycles. The van der Waals surface area contributed by atoms with Crippen LogP contribution >= 0.6 is 0 Å². The Morgan fingerprint density at radius 1 is 0.893 bits per heavy atom. The molecular weight excluding hydrogens is 348 g/mol. The molecule has 0 aliphatic carbocycles. The third-order valence-electron chi connectivity index (χ3n) is 4.38. The lowest BCUT2D eigenvalue weighted by Crippen LogP contribution is -2.06. The summed E-state index contributed by atoms with van der Waals surface area (Å²) in [7, 11) is 0.